The first-order valence-electron chi connectivity index (χ1n) is 4.73. The topological polar surface area (TPSA) is 29.1 Å². The maximum Gasteiger partial charge on any atom is 0.164 e. The number of Topliss-reactive ketones (excluding diaryl/α,β-unsaturated/α-hetero) is 1. The SMILES string of the molecule is CCNCCC(=O)c1ccc(Cl)cc1. The fraction of sp³-hybridized carbons (Fsp3) is 0.364. The van der Waals surface area contributed by atoms with E-state index in [0.717, 1.165) is 18.7 Å². The molecule has 0 bridgehead atoms. The predicted molar refractivity (Wildman–Crippen MR) is 58.9 cm³/mol. The van der Waals surface area contributed by atoms with Crippen molar-refractivity contribution in [2.75, 3.05) is 13.1 Å². The average molecular weight is 212 g/mol. The third-order valence-electron chi connectivity index (χ3n) is 1.95. The summed E-state index contributed by atoms with van der Waals surface area (Å²) in [5.74, 6) is 0.155. The van der Waals surface area contributed by atoms with Gasteiger partial charge in [-0.05, 0) is 30.8 Å². The number of halogens is 1. The van der Waals surface area contributed by atoms with Crippen LogP contribution in [0.3, 0.4) is 0 Å². The van der Waals surface area contributed by atoms with E-state index in [1.807, 2.05) is 6.92 Å². The molecule has 1 aromatic rings. The van der Waals surface area contributed by atoms with Gasteiger partial charge in [0.2, 0.25) is 0 Å². The summed E-state index contributed by atoms with van der Waals surface area (Å²) in [5, 5.41) is 3.77. The Labute approximate surface area is 89.3 Å². The standard InChI is InChI=1S/C11H14ClNO/c1-2-13-8-7-11(14)9-3-5-10(12)6-4-9/h3-6,13H,2,7-8H2,1H3. The molecule has 0 saturated heterocycles. The van der Waals surface area contributed by atoms with Gasteiger partial charge in [-0.15, -0.1) is 0 Å². The fourth-order valence-corrected chi connectivity index (χ4v) is 1.28. The molecule has 0 aliphatic heterocycles. The van der Waals surface area contributed by atoms with Crippen molar-refractivity contribution in [2.45, 2.75) is 13.3 Å². The Bertz CT molecular complexity index is 295. The molecule has 1 N–H and O–H groups in total. The van der Waals surface area contributed by atoms with E-state index in [-0.39, 0.29) is 5.78 Å². The zero-order valence-corrected chi connectivity index (χ0v) is 8.97. The zero-order chi connectivity index (χ0) is 10.4. The molecule has 0 amide bonds. The van der Waals surface area contributed by atoms with E-state index in [0.29, 0.717) is 11.4 Å². The highest BCUT2D eigenvalue weighted by atomic mass is 35.5. The van der Waals surface area contributed by atoms with Crippen LogP contribution in [0, 0.1) is 0 Å². The Morgan fingerprint density at radius 3 is 2.57 bits per heavy atom. The molecule has 0 radical (unpaired) electrons. The first-order valence-corrected chi connectivity index (χ1v) is 5.11. The first-order chi connectivity index (χ1) is 6.74. The molecule has 0 unspecified atom stereocenters. The van der Waals surface area contributed by atoms with Crippen LogP contribution in [0.4, 0.5) is 0 Å². The lowest BCUT2D eigenvalue weighted by Gasteiger charge is -2.01. The van der Waals surface area contributed by atoms with Gasteiger partial charge in [-0.2, -0.15) is 0 Å². The molecule has 1 rings (SSSR count). The van der Waals surface area contributed by atoms with Crippen molar-refractivity contribution in [1.82, 2.24) is 5.32 Å². The number of nitrogens with one attached hydrogen (secondary N) is 1. The van der Waals surface area contributed by atoms with E-state index in [4.69, 9.17) is 11.6 Å². The molecule has 3 heteroatoms. The second kappa shape index (κ2) is 5.78. The van der Waals surface area contributed by atoms with E-state index < -0.39 is 0 Å². The van der Waals surface area contributed by atoms with E-state index in [2.05, 4.69) is 5.32 Å². The van der Waals surface area contributed by atoms with Crippen LogP contribution in [0.5, 0.6) is 0 Å². The second-order valence-electron chi connectivity index (χ2n) is 3.03. The molecule has 0 spiro atoms. The van der Waals surface area contributed by atoms with Crippen molar-refractivity contribution in [3.8, 4) is 0 Å². The molecule has 0 fully saturated rings. The van der Waals surface area contributed by atoms with Gasteiger partial charge in [0.05, 0.1) is 0 Å². The predicted octanol–water partition coefficient (Wildman–Crippen LogP) is 2.52. The van der Waals surface area contributed by atoms with Crippen LogP contribution < -0.4 is 5.32 Å². The molecular formula is C11H14ClNO. The minimum Gasteiger partial charge on any atom is -0.317 e. The number of hydrogen-bond donors (Lipinski definition) is 1. The quantitative estimate of drug-likeness (QED) is 0.599. The minimum atomic E-state index is 0.155. The number of rotatable bonds is 5. The van der Waals surface area contributed by atoms with Crippen molar-refractivity contribution in [2.24, 2.45) is 0 Å². The molecule has 0 aliphatic rings. The largest absolute Gasteiger partial charge is 0.317 e. The molecule has 0 aromatic heterocycles. The van der Waals surface area contributed by atoms with Gasteiger partial charge in [-0.3, -0.25) is 4.79 Å². The summed E-state index contributed by atoms with van der Waals surface area (Å²) < 4.78 is 0. The van der Waals surface area contributed by atoms with Crippen molar-refractivity contribution in [3.63, 3.8) is 0 Å². The molecule has 0 saturated carbocycles. The fourth-order valence-electron chi connectivity index (χ4n) is 1.16. The lowest BCUT2D eigenvalue weighted by Crippen LogP contribution is -2.17. The Hall–Kier alpha value is -0.860. The summed E-state index contributed by atoms with van der Waals surface area (Å²) in [4.78, 5) is 11.5. The van der Waals surface area contributed by atoms with Gasteiger partial charge in [0, 0.05) is 23.6 Å². The van der Waals surface area contributed by atoms with E-state index in [1.54, 1.807) is 24.3 Å². The number of benzene rings is 1. The van der Waals surface area contributed by atoms with E-state index in [1.165, 1.54) is 0 Å². The zero-order valence-electron chi connectivity index (χ0n) is 8.22. The van der Waals surface area contributed by atoms with Crippen LogP contribution in [-0.2, 0) is 0 Å². The highest BCUT2D eigenvalue weighted by Crippen LogP contribution is 2.10. The van der Waals surface area contributed by atoms with Gasteiger partial charge < -0.3 is 5.32 Å². The van der Waals surface area contributed by atoms with Crippen molar-refractivity contribution >= 4 is 17.4 Å². The summed E-state index contributed by atoms with van der Waals surface area (Å²) in [6.45, 7) is 3.65. The maximum absolute atomic E-state index is 11.5. The van der Waals surface area contributed by atoms with Crippen LogP contribution in [0.15, 0.2) is 24.3 Å². The second-order valence-corrected chi connectivity index (χ2v) is 3.47. The normalized spacial score (nSPS) is 10.1. The highest BCUT2D eigenvalue weighted by molar-refractivity contribution is 6.30. The van der Waals surface area contributed by atoms with Gasteiger partial charge >= 0.3 is 0 Å². The van der Waals surface area contributed by atoms with Crippen LogP contribution in [0.1, 0.15) is 23.7 Å². The number of hydrogen-bond acceptors (Lipinski definition) is 2. The lowest BCUT2D eigenvalue weighted by molar-refractivity contribution is 0.0983. The van der Waals surface area contributed by atoms with Crippen LogP contribution in [0.2, 0.25) is 5.02 Å². The average Bonchev–Trinajstić information content (AvgIpc) is 2.19. The molecule has 0 heterocycles. The highest BCUT2D eigenvalue weighted by Gasteiger charge is 2.03. The number of ketones is 1. The molecule has 2 nitrogen and oxygen atoms in total. The smallest absolute Gasteiger partial charge is 0.164 e. The molecule has 0 aliphatic carbocycles. The van der Waals surface area contributed by atoms with Crippen molar-refractivity contribution in [1.29, 1.82) is 0 Å². The molecular weight excluding hydrogens is 198 g/mol. The van der Waals surface area contributed by atoms with Crippen LogP contribution in [-0.4, -0.2) is 18.9 Å². The molecule has 76 valence electrons. The Balaban J connectivity index is 2.48. The minimum absolute atomic E-state index is 0.155. The van der Waals surface area contributed by atoms with E-state index >= 15 is 0 Å². The Morgan fingerprint density at radius 2 is 2.00 bits per heavy atom. The first kappa shape index (κ1) is 11.2. The summed E-state index contributed by atoms with van der Waals surface area (Å²) in [6.07, 6.45) is 0.537. The maximum atomic E-state index is 11.5. The van der Waals surface area contributed by atoms with Crippen LogP contribution in [0.25, 0.3) is 0 Å². The molecule has 0 atom stereocenters. The summed E-state index contributed by atoms with van der Waals surface area (Å²) in [7, 11) is 0. The number of carbonyl (C=O) groups excluding carboxylic acids is 1. The van der Waals surface area contributed by atoms with Crippen molar-refractivity contribution < 1.29 is 4.79 Å². The Morgan fingerprint density at radius 1 is 1.36 bits per heavy atom. The summed E-state index contributed by atoms with van der Waals surface area (Å²) in [6, 6.07) is 7.00. The third-order valence-corrected chi connectivity index (χ3v) is 2.20. The third kappa shape index (κ3) is 3.48. The molecule has 1 aromatic carbocycles. The Kier molecular flexibility index (Phi) is 4.63. The van der Waals surface area contributed by atoms with Gasteiger partial charge in [-0.1, -0.05) is 18.5 Å². The molecule has 14 heavy (non-hydrogen) atoms. The monoisotopic (exact) mass is 211 g/mol. The van der Waals surface area contributed by atoms with Gasteiger partial charge in [0.25, 0.3) is 0 Å². The van der Waals surface area contributed by atoms with Crippen LogP contribution >= 0.6 is 11.6 Å². The summed E-state index contributed by atoms with van der Waals surface area (Å²) in [5.41, 5.74) is 0.729. The van der Waals surface area contributed by atoms with Gasteiger partial charge in [0.15, 0.2) is 5.78 Å². The van der Waals surface area contributed by atoms with Gasteiger partial charge in [-0.25, -0.2) is 0 Å². The summed E-state index contributed by atoms with van der Waals surface area (Å²) >= 11 is 5.72. The lowest BCUT2D eigenvalue weighted by atomic mass is 10.1. The van der Waals surface area contributed by atoms with Gasteiger partial charge in [0.1, 0.15) is 0 Å². The number of carbonyl (C=O) groups is 1. The van der Waals surface area contributed by atoms with Crippen molar-refractivity contribution in [3.05, 3.63) is 34.9 Å². The van der Waals surface area contributed by atoms with E-state index in [9.17, 15) is 4.79 Å².